The van der Waals surface area contributed by atoms with E-state index >= 15 is 0 Å². The predicted octanol–water partition coefficient (Wildman–Crippen LogP) is 4.24. The number of hydrogen-bond donors (Lipinski definition) is 0. The van der Waals surface area contributed by atoms with E-state index in [0.29, 0.717) is 5.88 Å². The van der Waals surface area contributed by atoms with Crippen LogP contribution >= 0.6 is 27.5 Å². The van der Waals surface area contributed by atoms with Crippen molar-refractivity contribution in [3.63, 3.8) is 0 Å². The standard InChI is InChI=1S/C14H19BrClNO/c1-11-10-12(15)6-7-13(11)14(18)17(2)9-5-3-4-8-16/h6-7,10H,3-5,8-9H2,1-2H3. The third-order valence-corrected chi connectivity index (χ3v) is 3.65. The van der Waals surface area contributed by atoms with E-state index in [1.165, 1.54) is 0 Å². The van der Waals surface area contributed by atoms with Gasteiger partial charge in [-0.2, -0.15) is 0 Å². The maximum absolute atomic E-state index is 12.2. The van der Waals surface area contributed by atoms with E-state index < -0.39 is 0 Å². The van der Waals surface area contributed by atoms with E-state index in [4.69, 9.17) is 11.6 Å². The van der Waals surface area contributed by atoms with Crippen molar-refractivity contribution in [2.45, 2.75) is 26.2 Å². The zero-order chi connectivity index (χ0) is 13.5. The third kappa shape index (κ3) is 4.62. The van der Waals surface area contributed by atoms with Gasteiger partial charge in [-0.15, -0.1) is 11.6 Å². The number of aryl methyl sites for hydroxylation is 1. The molecule has 0 aromatic heterocycles. The summed E-state index contributed by atoms with van der Waals surface area (Å²) in [5.74, 6) is 0.787. The van der Waals surface area contributed by atoms with E-state index in [1.54, 1.807) is 4.90 Å². The van der Waals surface area contributed by atoms with Crippen molar-refractivity contribution in [3.8, 4) is 0 Å². The van der Waals surface area contributed by atoms with Gasteiger partial charge in [-0.1, -0.05) is 22.4 Å². The van der Waals surface area contributed by atoms with Crippen LogP contribution in [-0.2, 0) is 0 Å². The SMILES string of the molecule is Cc1cc(Br)ccc1C(=O)N(C)CCCCCCl. The van der Waals surface area contributed by atoms with Crippen LogP contribution in [0.15, 0.2) is 22.7 Å². The summed E-state index contributed by atoms with van der Waals surface area (Å²) < 4.78 is 1.00. The van der Waals surface area contributed by atoms with Crippen LogP contribution in [-0.4, -0.2) is 30.3 Å². The number of carbonyl (C=O) groups excluding carboxylic acids is 1. The Bertz CT molecular complexity index is 409. The van der Waals surface area contributed by atoms with Crippen molar-refractivity contribution >= 4 is 33.4 Å². The number of amides is 1. The number of rotatable bonds is 6. The van der Waals surface area contributed by atoms with Crippen LogP contribution < -0.4 is 0 Å². The van der Waals surface area contributed by atoms with Gasteiger partial charge in [0.05, 0.1) is 0 Å². The Labute approximate surface area is 122 Å². The molecule has 0 N–H and O–H groups in total. The highest BCUT2D eigenvalue weighted by Gasteiger charge is 2.13. The van der Waals surface area contributed by atoms with E-state index in [-0.39, 0.29) is 5.91 Å². The molecule has 2 nitrogen and oxygen atoms in total. The topological polar surface area (TPSA) is 20.3 Å². The third-order valence-electron chi connectivity index (χ3n) is 2.89. The normalized spacial score (nSPS) is 10.4. The fraction of sp³-hybridized carbons (Fsp3) is 0.500. The van der Waals surface area contributed by atoms with Crippen LogP contribution in [0.1, 0.15) is 35.2 Å². The molecule has 1 aromatic carbocycles. The highest BCUT2D eigenvalue weighted by atomic mass is 79.9. The van der Waals surface area contributed by atoms with Crippen LogP contribution in [0.25, 0.3) is 0 Å². The zero-order valence-corrected chi connectivity index (χ0v) is 13.2. The second-order valence-corrected chi connectivity index (χ2v) is 5.73. The second-order valence-electron chi connectivity index (χ2n) is 4.44. The Balaban J connectivity index is 2.57. The molecule has 4 heteroatoms. The van der Waals surface area contributed by atoms with Crippen molar-refractivity contribution in [2.75, 3.05) is 19.5 Å². The van der Waals surface area contributed by atoms with Gasteiger partial charge < -0.3 is 4.90 Å². The molecular weight excluding hydrogens is 314 g/mol. The van der Waals surface area contributed by atoms with Crippen LogP contribution in [0.4, 0.5) is 0 Å². The molecule has 0 atom stereocenters. The van der Waals surface area contributed by atoms with Crippen LogP contribution in [0.3, 0.4) is 0 Å². The number of unbranched alkanes of at least 4 members (excludes halogenated alkanes) is 2. The van der Waals surface area contributed by atoms with Gasteiger partial charge >= 0.3 is 0 Å². The lowest BCUT2D eigenvalue weighted by Gasteiger charge is -2.18. The van der Waals surface area contributed by atoms with Crippen molar-refractivity contribution in [1.82, 2.24) is 4.90 Å². The van der Waals surface area contributed by atoms with Gasteiger partial charge in [-0.05, 0) is 43.5 Å². The first-order valence-corrected chi connectivity index (χ1v) is 7.46. The molecule has 18 heavy (non-hydrogen) atoms. The smallest absolute Gasteiger partial charge is 0.253 e. The summed E-state index contributed by atoms with van der Waals surface area (Å²) in [5, 5.41) is 0. The van der Waals surface area contributed by atoms with Crippen molar-refractivity contribution in [2.24, 2.45) is 0 Å². The minimum absolute atomic E-state index is 0.0888. The summed E-state index contributed by atoms with van der Waals surface area (Å²) in [7, 11) is 1.85. The summed E-state index contributed by atoms with van der Waals surface area (Å²) in [6.07, 6.45) is 3.09. The van der Waals surface area contributed by atoms with Gasteiger partial charge in [0.2, 0.25) is 0 Å². The lowest BCUT2D eigenvalue weighted by Crippen LogP contribution is -2.28. The molecule has 0 aliphatic rings. The molecular formula is C14H19BrClNO. The molecule has 0 unspecified atom stereocenters. The Morgan fingerprint density at radius 3 is 2.67 bits per heavy atom. The Morgan fingerprint density at radius 1 is 1.33 bits per heavy atom. The van der Waals surface area contributed by atoms with E-state index in [1.807, 2.05) is 32.2 Å². The van der Waals surface area contributed by atoms with Gasteiger partial charge in [0.1, 0.15) is 0 Å². The summed E-state index contributed by atoms with van der Waals surface area (Å²) in [4.78, 5) is 14.0. The maximum atomic E-state index is 12.2. The van der Waals surface area contributed by atoms with E-state index in [2.05, 4.69) is 15.9 Å². The average Bonchev–Trinajstić information content (AvgIpc) is 2.33. The fourth-order valence-corrected chi connectivity index (χ4v) is 2.46. The number of hydrogen-bond acceptors (Lipinski definition) is 1. The van der Waals surface area contributed by atoms with Crippen molar-refractivity contribution < 1.29 is 4.79 Å². The highest BCUT2D eigenvalue weighted by Crippen LogP contribution is 2.17. The minimum Gasteiger partial charge on any atom is -0.342 e. The molecule has 0 spiro atoms. The molecule has 1 amide bonds. The quantitative estimate of drug-likeness (QED) is 0.563. The molecule has 1 rings (SSSR count). The molecule has 1 aromatic rings. The molecule has 0 bridgehead atoms. The first-order chi connectivity index (χ1) is 8.56. The molecule has 0 heterocycles. The number of carbonyl (C=O) groups is 1. The molecule has 0 aliphatic carbocycles. The van der Waals surface area contributed by atoms with Gasteiger partial charge in [0.25, 0.3) is 5.91 Å². The van der Waals surface area contributed by atoms with Gasteiger partial charge in [-0.3, -0.25) is 4.79 Å². The zero-order valence-electron chi connectivity index (χ0n) is 10.9. The minimum atomic E-state index is 0.0888. The van der Waals surface area contributed by atoms with Crippen molar-refractivity contribution in [1.29, 1.82) is 0 Å². The van der Waals surface area contributed by atoms with Crippen LogP contribution in [0.5, 0.6) is 0 Å². The Morgan fingerprint density at radius 2 is 2.06 bits per heavy atom. The van der Waals surface area contributed by atoms with E-state index in [9.17, 15) is 4.79 Å². The Hall–Kier alpha value is -0.540. The molecule has 0 saturated heterocycles. The van der Waals surface area contributed by atoms with Gasteiger partial charge in [0.15, 0.2) is 0 Å². The molecule has 0 saturated carbocycles. The monoisotopic (exact) mass is 331 g/mol. The van der Waals surface area contributed by atoms with Gasteiger partial charge in [-0.25, -0.2) is 0 Å². The summed E-state index contributed by atoms with van der Waals surface area (Å²) in [6, 6.07) is 5.74. The van der Waals surface area contributed by atoms with Crippen LogP contribution in [0, 0.1) is 6.92 Å². The lowest BCUT2D eigenvalue weighted by atomic mass is 10.1. The van der Waals surface area contributed by atoms with Gasteiger partial charge in [0, 0.05) is 29.5 Å². The number of halogens is 2. The second kappa shape index (κ2) is 7.80. The summed E-state index contributed by atoms with van der Waals surface area (Å²) in [6.45, 7) is 2.74. The first-order valence-electron chi connectivity index (χ1n) is 6.14. The maximum Gasteiger partial charge on any atom is 0.253 e. The number of nitrogens with zero attached hydrogens (tertiary/aromatic N) is 1. The largest absolute Gasteiger partial charge is 0.342 e. The van der Waals surface area contributed by atoms with Crippen molar-refractivity contribution in [3.05, 3.63) is 33.8 Å². The first kappa shape index (κ1) is 15.5. The van der Waals surface area contributed by atoms with Crippen LogP contribution in [0.2, 0.25) is 0 Å². The predicted molar refractivity (Wildman–Crippen MR) is 80.4 cm³/mol. The van der Waals surface area contributed by atoms with E-state index in [0.717, 1.165) is 41.4 Å². The highest BCUT2D eigenvalue weighted by molar-refractivity contribution is 9.10. The summed E-state index contributed by atoms with van der Waals surface area (Å²) in [5.41, 5.74) is 1.78. The molecule has 0 fully saturated rings. The number of alkyl halides is 1. The lowest BCUT2D eigenvalue weighted by molar-refractivity contribution is 0.0792. The fourth-order valence-electron chi connectivity index (χ4n) is 1.79. The average molecular weight is 333 g/mol. The molecule has 100 valence electrons. The Kier molecular flexibility index (Phi) is 6.72. The molecule has 0 radical (unpaired) electrons. The number of benzene rings is 1. The molecule has 0 aliphatic heterocycles. The summed E-state index contributed by atoms with van der Waals surface area (Å²) >= 11 is 9.03.